The van der Waals surface area contributed by atoms with Crippen LogP contribution >= 0.6 is 0 Å². The zero-order valence-corrected chi connectivity index (χ0v) is 16.9. The van der Waals surface area contributed by atoms with E-state index in [0.717, 1.165) is 19.3 Å². The third-order valence-electron chi connectivity index (χ3n) is 4.44. The van der Waals surface area contributed by atoms with Crippen molar-refractivity contribution < 1.29 is 14.4 Å². The summed E-state index contributed by atoms with van der Waals surface area (Å²) < 4.78 is 0. The van der Waals surface area contributed by atoms with E-state index in [-0.39, 0.29) is 29.9 Å². The number of amides is 5. The quantitative estimate of drug-likeness (QED) is 0.601. The highest BCUT2D eigenvalue weighted by Gasteiger charge is 2.28. The number of likely N-dealkylation sites (tertiary alicyclic amines) is 1. The van der Waals surface area contributed by atoms with E-state index in [1.807, 2.05) is 20.8 Å². The summed E-state index contributed by atoms with van der Waals surface area (Å²) in [5, 5.41) is 11.2. The van der Waals surface area contributed by atoms with Gasteiger partial charge in [-0.15, -0.1) is 0 Å². The van der Waals surface area contributed by atoms with Gasteiger partial charge in [-0.25, -0.2) is 9.59 Å². The first-order valence-corrected chi connectivity index (χ1v) is 9.90. The van der Waals surface area contributed by atoms with Gasteiger partial charge in [-0.3, -0.25) is 4.79 Å². The van der Waals surface area contributed by atoms with E-state index in [1.54, 1.807) is 29.2 Å². The molecule has 5 amide bonds. The lowest BCUT2D eigenvalue weighted by Gasteiger charge is -2.32. The molecule has 0 radical (unpaired) electrons. The van der Waals surface area contributed by atoms with Crippen LogP contribution in [0.2, 0.25) is 0 Å². The molecule has 1 aromatic rings. The lowest BCUT2D eigenvalue weighted by atomic mass is 9.97. The van der Waals surface area contributed by atoms with Crippen LogP contribution in [0.15, 0.2) is 24.3 Å². The molecule has 0 aliphatic carbocycles. The zero-order chi connectivity index (χ0) is 20.5. The highest BCUT2D eigenvalue weighted by atomic mass is 16.2. The Kier molecular flexibility index (Phi) is 8.10. The molecule has 1 aromatic carbocycles. The van der Waals surface area contributed by atoms with E-state index >= 15 is 0 Å². The Labute approximate surface area is 166 Å². The van der Waals surface area contributed by atoms with Crippen molar-refractivity contribution in [2.75, 3.05) is 30.3 Å². The van der Waals surface area contributed by atoms with Crippen molar-refractivity contribution >= 4 is 29.3 Å². The van der Waals surface area contributed by atoms with Crippen molar-refractivity contribution in [2.24, 2.45) is 5.92 Å². The predicted octanol–water partition coefficient (Wildman–Crippen LogP) is 2.99. The monoisotopic (exact) mass is 389 g/mol. The Hall–Kier alpha value is -2.77. The van der Waals surface area contributed by atoms with Gasteiger partial charge in [0.05, 0.1) is 5.92 Å². The molecule has 1 aliphatic heterocycles. The third-order valence-corrected chi connectivity index (χ3v) is 4.44. The standard InChI is InChI=1S/C20H31N5O3/c1-4-11-21-19(27)23-16-7-9-17(10-8-16)24-20(28)25-12-5-6-15(13-25)18(26)22-14(2)3/h7-10,14-15H,4-6,11-13H2,1-3H3,(H,22,26)(H,24,28)(H2,21,23,27)/t15-/m1/s1. The van der Waals surface area contributed by atoms with Crippen LogP contribution in [0.3, 0.4) is 0 Å². The summed E-state index contributed by atoms with van der Waals surface area (Å²) in [6.45, 7) is 7.51. The Balaban J connectivity index is 1.86. The Morgan fingerprint density at radius 3 is 2.36 bits per heavy atom. The lowest BCUT2D eigenvalue weighted by molar-refractivity contribution is -0.126. The average Bonchev–Trinajstić information content (AvgIpc) is 2.67. The predicted molar refractivity (Wildman–Crippen MR) is 110 cm³/mol. The van der Waals surface area contributed by atoms with Crippen LogP contribution in [0.4, 0.5) is 21.0 Å². The van der Waals surface area contributed by atoms with Gasteiger partial charge < -0.3 is 26.2 Å². The van der Waals surface area contributed by atoms with E-state index in [4.69, 9.17) is 0 Å². The van der Waals surface area contributed by atoms with Crippen LogP contribution in [0.1, 0.15) is 40.0 Å². The summed E-state index contributed by atoms with van der Waals surface area (Å²) in [4.78, 5) is 38.1. The summed E-state index contributed by atoms with van der Waals surface area (Å²) >= 11 is 0. The maximum Gasteiger partial charge on any atom is 0.321 e. The molecular formula is C20H31N5O3. The van der Waals surface area contributed by atoms with E-state index < -0.39 is 0 Å². The first kappa shape index (κ1) is 21.5. The van der Waals surface area contributed by atoms with E-state index in [2.05, 4.69) is 21.3 Å². The number of rotatable bonds is 6. The fourth-order valence-corrected chi connectivity index (χ4v) is 3.03. The second kappa shape index (κ2) is 10.5. The molecule has 8 nitrogen and oxygen atoms in total. The van der Waals surface area contributed by atoms with Gasteiger partial charge in [0.1, 0.15) is 0 Å². The van der Waals surface area contributed by atoms with Crippen LogP contribution < -0.4 is 21.3 Å². The number of hydrogen-bond donors (Lipinski definition) is 4. The van der Waals surface area contributed by atoms with Crippen molar-refractivity contribution in [3.63, 3.8) is 0 Å². The van der Waals surface area contributed by atoms with Gasteiger partial charge in [-0.1, -0.05) is 6.92 Å². The molecule has 1 aliphatic rings. The molecule has 1 fully saturated rings. The number of anilines is 2. The molecule has 0 saturated carbocycles. The molecule has 0 aromatic heterocycles. The molecule has 0 bridgehead atoms. The Bertz CT molecular complexity index is 675. The van der Waals surface area contributed by atoms with Gasteiger partial charge in [0.25, 0.3) is 0 Å². The van der Waals surface area contributed by atoms with Crippen molar-refractivity contribution in [3.8, 4) is 0 Å². The van der Waals surface area contributed by atoms with Crippen LogP contribution in [-0.2, 0) is 4.79 Å². The van der Waals surface area contributed by atoms with Gasteiger partial charge in [0.15, 0.2) is 0 Å². The van der Waals surface area contributed by atoms with E-state index in [1.165, 1.54) is 0 Å². The Morgan fingerprint density at radius 2 is 1.75 bits per heavy atom. The fourth-order valence-electron chi connectivity index (χ4n) is 3.03. The largest absolute Gasteiger partial charge is 0.354 e. The molecule has 154 valence electrons. The van der Waals surface area contributed by atoms with Gasteiger partial charge in [0, 0.05) is 37.1 Å². The van der Waals surface area contributed by atoms with Crippen molar-refractivity contribution in [1.29, 1.82) is 0 Å². The van der Waals surface area contributed by atoms with E-state index in [0.29, 0.717) is 31.0 Å². The summed E-state index contributed by atoms with van der Waals surface area (Å²) in [7, 11) is 0. The van der Waals surface area contributed by atoms with Crippen molar-refractivity contribution in [2.45, 2.75) is 46.1 Å². The summed E-state index contributed by atoms with van der Waals surface area (Å²) in [6, 6.07) is 6.56. The maximum absolute atomic E-state index is 12.5. The number of nitrogens with zero attached hydrogens (tertiary/aromatic N) is 1. The summed E-state index contributed by atoms with van der Waals surface area (Å²) in [6.07, 6.45) is 2.47. The highest BCUT2D eigenvalue weighted by molar-refractivity contribution is 5.92. The molecule has 1 saturated heterocycles. The smallest absolute Gasteiger partial charge is 0.321 e. The number of carbonyl (C=O) groups excluding carboxylic acids is 3. The van der Waals surface area contributed by atoms with Crippen LogP contribution in [-0.4, -0.2) is 48.5 Å². The molecule has 28 heavy (non-hydrogen) atoms. The minimum Gasteiger partial charge on any atom is -0.354 e. The molecule has 2 rings (SSSR count). The molecule has 0 unspecified atom stereocenters. The van der Waals surface area contributed by atoms with Crippen molar-refractivity contribution in [1.82, 2.24) is 15.5 Å². The van der Waals surface area contributed by atoms with Crippen LogP contribution in [0.25, 0.3) is 0 Å². The minimum atomic E-state index is -0.252. The topological polar surface area (TPSA) is 103 Å². The highest BCUT2D eigenvalue weighted by Crippen LogP contribution is 2.19. The normalized spacial score (nSPS) is 16.4. The van der Waals surface area contributed by atoms with Gasteiger partial charge in [-0.2, -0.15) is 0 Å². The zero-order valence-electron chi connectivity index (χ0n) is 16.9. The first-order chi connectivity index (χ1) is 13.4. The van der Waals surface area contributed by atoms with Gasteiger partial charge in [0.2, 0.25) is 5.91 Å². The lowest BCUT2D eigenvalue weighted by Crippen LogP contribution is -2.47. The molecule has 4 N–H and O–H groups in total. The summed E-state index contributed by atoms with van der Waals surface area (Å²) in [5.41, 5.74) is 1.29. The second-order valence-corrected chi connectivity index (χ2v) is 7.34. The third kappa shape index (κ3) is 6.75. The molecule has 0 spiro atoms. The second-order valence-electron chi connectivity index (χ2n) is 7.34. The fraction of sp³-hybridized carbons (Fsp3) is 0.550. The molecule has 8 heteroatoms. The SMILES string of the molecule is CCCNC(=O)Nc1ccc(NC(=O)N2CCC[C@@H](C(=O)NC(C)C)C2)cc1. The van der Waals surface area contributed by atoms with E-state index in [9.17, 15) is 14.4 Å². The number of piperidine rings is 1. The molecular weight excluding hydrogens is 358 g/mol. The van der Waals surface area contributed by atoms with Crippen LogP contribution in [0, 0.1) is 5.92 Å². The van der Waals surface area contributed by atoms with Gasteiger partial charge >= 0.3 is 12.1 Å². The molecule has 1 heterocycles. The number of nitrogens with one attached hydrogen (secondary N) is 4. The number of benzene rings is 1. The van der Waals surface area contributed by atoms with Crippen LogP contribution in [0.5, 0.6) is 0 Å². The first-order valence-electron chi connectivity index (χ1n) is 9.90. The maximum atomic E-state index is 12.5. The number of carbonyl (C=O) groups is 3. The van der Waals surface area contributed by atoms with Gasteiger partial charge in [-0.05, 0) is 57.4 Å². The summed E-state index contributed by atoms with van der Waals surface area (Å²) in [5.74, 6) is -0.167. The number of hydrogen-bond acceptors (Lipinski definition) is 3. The van der Waals surface area contributed by atoms with Crippen molar-refractivity contribution in [3.05, 3.63) is 24.3 Å². The minimum absolute atomic E-state index is 0.00396. The average molecular weight is 390 g/mol. The number of urea groups is 2. The Morgan fingerprint density at radius 1 is 1.11 bits per heavy atom. The molecule has 1 atom stereocenters.